The molecule has 25 heavy (non-hydrogen) atoms. The van der Waals surface area contributed by atoms with Crippen LogP contribution in [0.25, 0.3) is 22.5 Å². The van der Waals surface area contributed by atoms with Crippen molar-refractivity contribution < 1.29 is 13.5 Å². The van der Waals surface area contributed by atoms with Crippen molar-refractivity contribution >= 4 is 10.9 Å². The Bertz CT molecular complexity index is 1020. The van der Waals surface area contributed by atoms with E-state index in [4.69, 9.17) is 9.15 Å². The first-order valence-electron chi connectivity index (χ1n) is 7.77. The number of aromatic nitrogens is 4. The zero-order valence-corrected chi connectivity index (χ0v) is 13.5. The molecule has 0 radical (unpaired) electrons. The van der Waals surface area contributed by atoms with E-state index in [1.54, 1.807) is 30.0 Å². The molecule has 0 aliphatic heterocycles. The molecule has 6 nitrogen and oxygen atoms in total. The maximum absolute atomic E-state index is 14.0. The summed E-state index contributed by atoms with van der Waals surface area (Å²) in [6.07, 6.45) is 0. The Labute approximate surface area is 142 Å². The Morgan fingerprint density at radius 1 is 1.08 bits per heavy atom. The van der Waals surface area contributed by atoms with Crippen LogP contribution < -0.4 is 0 Å². The second-order valence-corrected chi connectivity index (χ2v) is 5.55. The summed E-state index contributed by atoms with van der Waals surface area (Å²) in [5.41, 5.74) is 2.00. The number of hydrogen-bond acceptors (Lipinski definition) is 5. The summed E-state index contributed by atoms with van der Waals surface area (Å²) in [6, 6.07) is 14.3. The van der Waals surface area contributed by atoms with E-state index in [1.807, 2.05) is 24.3 Å². The molecular weight excluding hydrogens is 323 g/mol. The molecule has 0 atom stereocenters. The molecular formula is C18H15FN4O2. The van der Waals surface area contributed by atoms with E-state index < -0.39 is 0 Å². The average Bonchev–Trinajstić information content (AvgIpc) is 3.22. The number of para-hydroxylation sites is 1. The van der Waals surface area contributed by atoms with Crippen molar-refractivity contribution in [3.05, 3.63) is 65.8 Å². The molecule has 0 spiro atoms. The third-order valence-corrected chi connectivity index (χ3v) is 3.87. The first kappa shape index (κ1) is 15.5. The van der Waals surface area contributed by atoms with Crippen LogP contribution in [0.3, 0.4) is 0 Å². The summed E-state index contributed by atoms with van der Waals surface area (Å²) in [7, 11) is 1.56. The first-order valence-corrected chi connectivity index (χ1v) is 7.77. The van der Waals surface area contributed by atoms with Crippen LogP contribution in [0.4, 0.5) is 4.39 Å². The fourth-order valence-corrected chi connectivity index (χ4v) is 2.72. The molecule has 0 aliphatic rings. The first-order chi connectivity index (χ1) is 12.3. The number of benzene rings is 2. The number of rotatable bonds is 5. The maximum Gasteiger partial charge on any atom is 0.268 e. The van der Waals surface area contributed by atoms with Gasteiger partial charge in [0.1, 0.15) is 12.4 Å². The highest BCUT2D eigenvalue weighted by Gasteiger charge is 2.18. The minimum Gasteiger partial charge on any atom is -0.417 e. The van der Waals surface area contributed by atoms with E-state index in [0.29, 0.717) is 29.6 Å². The van der Waals surface area contributed by atoms with Gasteiger partial charge in [0.15, 0.2) is 5.69 Å². The van der Waals surface area contributed by atoms with Crippen LogP contribution in [-0.2, 0) is 17.9 Å². The van der Waals surface area contributed by atoms with Crippen molar-refractivity contribution in [1.82, 2.24) is 20.0 Å². The molecule has 0 aliphatic carbocycles. The van der Waals surface area contributed by atoms with E-state index >= 15 is 0 Å². The molecule has 0 amide bonds. The summed E-state index contributed by atoms with van der Waals surface area (Å²) >= 11 is 0. The molecule has 0 unspecified atom stereocenters. The summed E-state index contributed by atoms with van der Waals surface area (Å²) in [4.78, 5) is 0. The predicted octanol–water partition coefficient (Wildman–Crippen LogP) is 3.42. The molecule has 4 rings (SSSR count). The standard InChI is InChI=1S/C18H15FN4O2/c1-24-11-16-20-21-18(25-16)17-13-7-3-5-9-15(13)23(22-17)10-12-6-2-4-8-14(12)19/h2-9H,10-11H2,1H3. The van der Waals surface area contributed by atoms with Gasteiger partial charge in [0.2, 0.25) is 5.89 Å². The third-order valence-electron chi connectivity index (χ3n) is 3.87. The summed E-state index contributed by atoms with van der Waals surface area (Å²) in [6.45, 7) is 0.549. The van der Waals surface area contributed by atoms with Gasteiger partial charge < -0.3 is 9.15 Å². The lowest BCUT2D eigenvalue weighted by Crippen LogP contribution is -2.03. The number of hydrogen-bond donors (Lipinski definition) is 0. The minimum atomic E-state index is -0.260. The number of nitrogens with zero attached hydrogens (tertiary/aromatic N) is 4. The van der Waals surface area contributed by atoms with Gasteiger partial charge in [-0.15, -0.1) is 10.2 Å². The molecule has 0 N–H and O–H groups in total. The third kappa shape index (κ3) is 2.89. The van der Waals surface area contributed by atoms with Crippen molar-refractivity contribution in [1.29, 1.82) is 0 Å². The monoisotopic (exact) mass is 338 g/mol. The van der Waals surface area contributed by atoms with Gasteiger partial charge in [0.25, 0.3) is 5.89 Å². The molecule has 126 valence electrons. The Kier molecular flexibility index (Phi) is 3.99. The normalized spacial score (nSPS) is 11.3. The Morgan fingerprint density at radius 2 is 1.88 bits per heavy atom. The average molecular weight is 338 g/mol. The van der Waals surface area contributed by atoms with Crippen molar-refractivity contribution in [3.63, 3.8) is 0 Å². The van der Waals surface area contributed by atoms with Crippen LogP contribution in [0.2, 0.25) is 0 Å². The SMILES string of the molecule is COCc1nnc(-c2nn(Cc3ccccc3F)c3ccccc23)o1. The largest absolute Gasteiger partial charge is 0.417 e. The molecule has 0 saturated heterocycles. The van der Waals surface area contributed by atoms with Crippen molar-refractivity contribution in [2.45, 2.75) is 13.2 Å². The highest BCUT2D eigenvalue weighted by atomic mass is 19.1. The highest BCUT2D eigenvalue weighted by Crippen LogP contribution is 2.27. The lowest BCUT2D eigenvalue weighted by atomic mass is 10.2. The topological polar surface area (TPSA) is 66.0 Å². The van der Waals surface area contributed by atoms with Gasteiger partial charge in [-0.3, -0.25) is 4.68 Å². The van der Waals surface area contributed by atoms with Crippen molar-refractivity contribution in [2.24, 2.45) is 0 Å². The zero-order valence-electron chi connectivity index (χ0n) is 13.5. The molecule has 4 aromatic rings. The van der Waals surface area contributed by atoms with Crippen LogP contribution in [0.5, 0.6) is 0 Å². The van der Waals surface area contributed by atoms with Crippen LogP contribution in [-0.4, -0.2) is 27.1 Å². The quantitative estimate of drug-likeness (QED) is 0.558. The van der Waals surface area contributed by atoms with Gasteiger partial charge in [-0.2, -0.15) is 5.10 Å². The number of methoxy groups -OCH3 is 1. The van der Waals surface area contributed by atoms with Gasteiger partial charge >= 0.3 is 0 Å². The Morgan fingerprint density at radius 3 is 2.72 bits per heavy atom. The fraction of sp³-hybridized carbons (Fsp3) is 0.167. The minimum absolute atomic E-state index is 0.237. The van der Waals surface area contributed by atoms with E-state index in [2.05, 4.69) is 15.3 Å². The highest BCUT2D eigenvalue weighted by molar-refractivity contribution is 5.91. The smallest absolute Gasteiger partial charge is 0.268 e. The van der Waals surface area contributed by atoms with Gasteiger partial charge in [0.05, 0.1) is 12.1 Å². The van der Waals surface area contributed by atoms with E-state index in [9.17, 15) is 4.39 Å². The fourth-order valence-electron chi connectivity index (χ4n) is 2.72. The van der Waals surface area contributed by atoms with Crippen molar-refractivity contribution in [2.75, 3.05) is 7.11 Å². The van der Waals surface area contributed by atoms with Crippen molar-refractivity contribution in [3.8, 4) is 11.6 Å². The predicted molar refractivity (Wildman–Crippen MR) is 89.2 cm³/mol. The lowest BCUT2D eigenvalue weighted by Gasteiger charge is -2.04. The lowest BCUT2D eigenvalue weighted by molar-refractivity contribution is 0.160. The van der Waals surface area contributed by atoms with Gasteiger partial charge in [-0.1, -0.05) is 36.4 Å². The molecule has 2 heterocycles. The molecule has 2 aromatic carbocycles. The van der Waals surface area contributed by atoms with E-state index in [-0.39, 0.29) is 12.4 Å². The second-order valence-electron chi connectivity index (χ2n) is 5.55. The molecule has 2 aromatic heterocycles. The van der Waals surface area contributed by atoms with Crippen LogP contribution in [0.15, 0.2) is 52.9 Å². The Hall–Kier alpha value is -3.06. The number of fused-ring (bicyclic) bond motifs is 1. The maximum atomic E-state index is 14.0. The van der Waals surface area contributed by atoms with Crippen LogP contribution in [0.1, 0.15) is 11.5 Å². The molecule has 0 fully saturated rings. The van der Waals surface area contributed by atoms with E-state index in [1.165, 1.54) is 6.07 Å². The van der Waals surface area contributed by atoms with Gasteiger partial charge in [-0.05, 0) is 12.1 Å². The number of halogens is 1. The molecule has 7 heteroatoms. The zero-order chi connectivity index (χ0) is 17.2. The van der Waals surface area contributed by atoms with Crippen LogP contribution in [0, 0.1) is 5.82 Å². The molecule has 0 bridgehead atoms. The Balaban J connectivity index is 1.79. The van der Waals surface area contributed by atoms with Crippen LogP contribution >= 0.6 is 0 Å². The van der Waals surface area contributed by atoms with Gasteiger partial charge in [-0.25, -0.2) is 4.39 Å². The van der Waals surface area contributed by atoms with E-state index in [0.717, 1.165) is 10.9 Å². The summed E-state index contributed by atoms with van der Waals surface area (Å²) < 4.78 is 26.3. The number of ether oxygens (including phenoxy) is 1. The summed E-state index contributed by atoms with van der Waals surface area (Å²) in [5.74, 6) is 0.435. The summed E-state index contributed by atoms with van der Waals surface area (Å²) in [5, 5.41) is 13.4. The van der Waals surface area contributed by atoms with Gasteiger partial charge in [0, 0.05) is 18.1 Å². The second kappa shape index (κ2) is 6.45. The molecule has 0 saturated carbocycles.